The summed E-state index contributed by atoms with van der Waals surface area (Å²) in [4.78, 5) is 30.9. The molecular formula is C25H31NO6S2. The highest BCUT2D eigenvalue weighted by Crippen LogP contribution is 2.36. The smallest absolute Gasteiger partial charge is 0.191 e. The first-order chi connectivity index (χ1) is 16.3. The lowest BCUT2D eigenvalue weighted by Crippen LogP contribution is -2.22. The average molecular weight is 506 g/mol. The molecule has 9 heteroatoms. The number of aliphatic hydroxyl groups excluding tert-OH is 1. The number of ether oxygens (including phenoxy) is 1. The predicted octanol–water partition coefficient (Wildman–Crippen LogP) is 4.27. The number of hydrogen-bond donors (Lipinski definition) is 1. The Hall–Kier alpha value is -1.94. The number of ketones is 2. The van der Waals surface area contributed by atoms with Crippen LogP contribution in [0.2, 0.25) is 0 Å². The molecule has 0 spiro atoms. The molecule has 2 aliphatic rings. The van der Waals surface area contributed by atoms with Crippen molar-refractivity contribution in [1.82, 2.24) is 4.98 Å². The summed E-state index contributed by atoms with van der Waals surface area (Å²) < 4.78 is 30.5. The Bertz CT molecular complexity index is 1110. The van der Waals surface area contributed by atoms with Crippen LogP contribution in [-0.4, -0.2) is 48.5 Å². The Kier molecular flexibility index (Phi) is 7.97. The third-order valence-electron chi connectivity index (χ3n) is 6.65. The minimum absolute atomic E-state index is 0.0232. The van der Waals surface area contributed by atoms with E-state index in [-0.39, 0.29) is 29.7 Å². The van der Waals surface area contributed by atoms with Gasteiger partial charge in [-0.15, -0.1) is 11.3 Å². The lowest BCUT2D eigenvalue weighted by molar-refractivity contribution is -0.121. The van der Waals surface area contributed by atoms with Gasteiger partial charge in [-0.05, 0) is 62.6 Å². The van der Waals surface area contributed by atoms with Crippen LogP contribution < -0.4 is 0 Å². The SMILES string of the molecule is CC(O)c1cnc(C(=O)CCC(=O)C(CC2CCOCC2)c2ccc(S(=O)(=O)C3CC3)cc2)s1. The molecule has 2 aromatic rings. The minimum atomic E-state index is -3.28. The van der Waals surface area contributed by atoms with E-state index in [0.29, 0.717) is 53.2 Å². The van der Waals surface area contributed by atoms with Gasteiger partial charge >= 0.3 is 0 Å². The fraction of sp³-hybridized carbons (Fsp3) is 0.560. The van der Waals surface area contributed by atoms with E-state index in [0.717, 1.165) is 29.7 Å². The third-order valence-corrected chi connectivity index (χ3v) is 10.1. The molecule has 1 saturated heterocycles. The summed E-state index contributed by atoms with van der Waals surface area (Å²) in [5.74, 6) is -0.273. The van der Waals surface area contributed by atoms with Crippen LogP contribution in [0.4, 0.5) is 0 Å². The first-order valence-corrected chi connectivity index (χ1v) is 14.2. The van der Waals surface area contributed by atoms with Crippen molar-refractivity contribution in [3.63, 3.8) is 0 Å². The van der Waals surface area contributed by atoms with Gasteiger partial charge in [0, 0.05) is 38.2 Å². The summed E-state index contributed by atoms with van der Waals surface area (Å²) >= 11 is 1.15. The van der Waals surface area contributed by atoms with Crippen LogP contribution in [0.25, 0.3) is 0 Å². The first kappa shape index (κ1) is 25.2. The summed E-state index contributed by atoms with van der Waals surface area (Å²) in [6, 6.07) is 6.75. The predicted molar refractivity (Wildman–Crippen MR) is 129 cm³/mol. The van der Waals surface area contributed by atoms with Gasteiger partial charge in [-0.1, -0.05) is 12.1 Å². The topological polar surface area (TPSA) is 111 Å². The molecule has 4 rings (SSSR count). The van der Waals surface area contributed by atoms with E-state index in [4.69, 9.17) is 4.74 Å². The first-order valence-electron chi connectivity index (χ1n) is 11.9. The fourth-order valence-corrected chi connectivity index (χ4v) is 6.83. The van der Waals surface area contributed by atoms with E-state index in [9.17, 15) is 23.1 Å². The highest BCUT2D eigenvalue weighted by Gasteiger charge is 2.37. The third kappa shape index (κ3) is 6.00. The number of aliphatic hydroxyl groups is 1. The molecule has 1 aliphatic heterocycles. The minimum Gasteiger partial charge on any atom is -0.388 e. The number of carbonyl (C=O) groups excluding carboxylic acids is 2. The molecule has 0 amide bonds. The van der Waals surface area contributed by atoms with Crippen molar-refractivity contribution in [3.05, 3.63) is 45.9 Å². The second-order valence-corrected chi connectivity index (χ2v) is 12.6. The molecule has 0 radical (unpaired) electrons. The maximum absolute atomic E-state index is 13.3. The van der Waals surface area contributed by atoms with Crippen molar-refractivity contribution in [2.24, 2.45) is 5.92 Å². The fourth-order valence-electron chi connectivity index (χ4n) is 4.36. The molecule has 1 aromatic heterocycles. The molecule has 2 unspecified atom stereocenters. The molecule has 2 fully saturated rings. The maximum atomic E-state index is 13.3. The van der Waals surface area contributed by atoms with Crippen molar-refractivity contribution in [3.8, 4) is 0 Å². The Balaban J connectivity index is 1.47. The number of aromatic nitrogens is 1. The highest BCUT2D eigenvalue weighted by molar-refractivity contribution is 7.92. The van der Waals surface area contributed by atoms with E-state index >= 15 is 0 Å². The van der Waals surface area contributed by atoms with E-state index in [1.165, 1.54) is 6.20 Å². The number of benzene rings is 1. The lowest BCUT2D eigenvalue weighted by atomic mass is 9.81. The van der Waals surface area contributed by atoms with Crippen LogP contribution in [0.1, 0.15) is 84.1 Å². The number of Topliss-reactive ketones (excluding diaryl/α,β-unsaturated/α-hetero) is 2. The quantitative estimate of drug-likeness (QED) is 0.454. The summed E-state index contributed by atoms with van der Waals surface area (Å²) in [6.07, 6.45) is 4.82. The molecule has 1 aromatic carbocycles. The Morgan fingerprint density at radius 1 is 1.12 bits per heavy atom. The second-order valence-electron chi connectivity index (χ2n) is 9.29. The van der Waals surface area contributed by atoms with Gasteiger partial charge in [0.05, 0.1) is 21.1 Å². The second kappa shape index (κ2) is 10.8. The van der Waals surface area contributed by atoms with Crippen molar-refractivity contribution in [2.75, 3.05) is 13.2 Å². The molecular weight excluding hydrogens is 474 g/mol. The van der Waals surface area contributed by atoms with Gasteiger partial charge in [-0.25, -0.2) is 13.4 Å². The van der Waals surface area contributed by atoms with Gasteiger partial charge < -0.3 is 9.84 Å². The van der Waals surface area contributed by atoms with Crippen molar-refractivity contribution < 1.29 is 27.9 Å². The van der Waals surface area contributed by atoms with E-state index in [1.807, 2.05) is 0 Å². The molecule has 184 valence electrons. The molecule has 1 aliphatic carbocycles. The summed E-state index contributed by atoms with van der Waals surface area (Å²) in [5.41, 5.74) is 0.796. The highest BCUT2D eigenvalue weighted by atomic mass is 32.2. The van der Waals surface area contributed by atoms with Crippen LogP contribution in [0.15, 0.2) is 35.4 Å². The molecule has 34 heavy (non-hydrogen) atoms. The van der Waals surface area contributed by atoms with Gasteiger partial charge in [0.1, 0.15) is 5.78 Å². The number of rotatable bonds is 11. The zero-order chi connectivity index (χ0) is 24.3. The molecule has 7 nitrogen and oxygen atoms in total. The van der Waals surface area contributed by atoms with Crippen molar-refractivity contribution in [1.29, 1.82) is 0 Å². The van der Waals surface area contributed by atoms with Gasteiger partial charge in [-0.3, -0.25) is 9.59 Å². The molecule has 0 bridgehead atoms. The van der Waals surface area contributed by atoms with Gasteiger partial charge in [0.25, 0.3) is 0 Å². The monoisotopic (exact) mass is 505 g/mol. The van der Waals surface area contributed by atoms with Crippen LogP contribution in [0.5, 0.6) is 0 Å². The summed E-state index contributed by atoms with van der Waals surface area (Å²) in [7, 11) is -3.28. The Morgan fingerprint density at radius 2 is 1.79 bits per heavy atom. The lowest BCUT2D eigenvalue weighted by Gasteiger charge is -2.26. The largest absolute Gasteiger partial charge is 0.388 e. The van der Waals surface area contributed by atoms with E-state index in [1.54, 1.807) is 31.2 Å². The Morgan fingerprint density at radius 3 is 2.38 bits per heavy atom. The van der Waals surface area contributed by atoms with Crippen LogP contribution in [0, 0.1) is 5.92 Å². The van der Waals surface area contributed by atoms with Crippen LogP contribution in [-0.2, 0) is 19.4 Å². The zero-order valence-corrected chi connectivity index (χ0v) is 20.9. The molecule has 1 N–H and O–H groups in total. The average Bonchev–Trinajstić information content (AvgIpc) is 3.59. The van der Waals surface area contributed by atoms with Crippen LogP contribution in [0.3, 0.4) is 0 Å². The molecule has 2 atom stereocenters. The maximum Gasteiger partial charge on any atom is 0.191 e. The zero-order valence-electron chi connectivity index (χ0n) is 19.3. The van der Waals surface area contributed by atoms with Crippen molar-refractivity contribution >= 4 is 32.7 Å². The van der Waals surface area contributed by atoms with Crippen molar-refractivity contribution in [2.45, 2.75) is 74.0 Å². The normalized spacial score (nSPS) is 19.0. The number of hydrogen-bond acceptors (Lipinski definition) is 8. The standard InChI is InChI=1S/C25H31NO6S2/c1-16(27)24-15-26-25(33-24)23(29)9-8-22(28)21(14-17-10-12-32-13-11-17)18-2-4-19(5-3-18)34(30,31)20-6-7-20/h2-5,15-17,20-21,27H,6-14H2,1H3. The van der Waals surface area contributed by atoms with Crippen LogP contribution >= 0.6 is 11.3 Å². The Labute approximate surface area is 204 Å². The number of carbonyl (C=O) groups is 2. The van der Waals surface area contributed by atoms with Gasteiger partial charge in [-0.2, -0.15) is 0 Å². The number of thiazole rings is 1. The van der Waals surface area contributed by atoms with E-state index in [2.05, 4.69) is 4.98 Å². The summed E-state index contributed by atoms with van der Waals surface area (Å²) in [5, 5.41) is 9.68. The summed E-state index contributed by atoms with van der Waals surface area (Å²) in [6.45, 7) is 2.98. The van der Waals surface area contributed by atoms with Gasteiger partial charge in [0.15, 0.2) is 20.6 Å². The molecule has 1 saturated carbocycles. The van der Waals surface area contributed by atoms with E-state index < -0.39 is 21.9 Å². The number of nitrogens with zero attached hydrogens (tertiary/aromatic N) is 1. The number of sulfone groups is 1. The van der Waals surface area contributed by atoms with Gasteiger partial charge in [0.2, 0.25) is 0 Å². The molecule has 2 heterocycles.